The Balaban J connectivity index is 1.14. The summed E-state index contributed by atoms with van der Waals surface area (Å²) in [6.45, 7) is 6.17. The lowest BCUT2D eigenvalue weighted by molar-refractivity contribution is -0.117. The topological polar surface area (TPSA) is 48.5 Å². The summed E-state index contributed by atoms with van der Waals surface area (Å²) in [6.07, 6.45) is 0. The maximum absolute atomic E-state index is 12.6. The van der Waals surface area contributed by atoms with E-state index in [4.69, 9.17) is 4.98 Å². The van der Waals surface area contributed by atoms with Gasteiger partial charge >= 0.3 is 0 Å². The normalized spacial score (nSPS) is 14.6. The maximum Gasteiger partial charge on any atom is 0.238 e. The van der Waals surface area contributed by atoms with E-state index in [1.165, 1.54) is 16.0 Å². The number of carbonyl (C=O) groups is 1. The molecule has 1 aromatic heterocycles. The highest BCUT2D eigenvalue weighted by Gasteiger charge is 2.19. The second kappa shape index (κ2) is 9.10. The Morgan fingerprint density at radius 1 is 0.938 bits per heavy atom. The van der Waals surface area contributed by atoms with Crippen LogP contribution in [0.15, 0.2) is 72.8 Å². The average molecular weight is 443 g/mol. The first-order chi connectivity index (χ1) is 15.6. The van der Waals surface area contributed by atoms with E-state index < -0.39 is 0 Å². The number of hydrogen-bond donors (Lipinski definition) is 1. The molecule has 0 spiro atoms. The molecule has 3 aromatic carbocycles. The number of rotatable bonds is 5. The standard InChI is InChI=1S/C26H26N4OS/c1-19-6-12-22(13-7-19)30-16-14-29(15-17-30)18-25(31)27-21-10-8-20(9-11-21)26-28-23-4-2-3-5-24(23)32-26/h2-13H,14-18H2,1H3,(H,27,31). The molecule has 0 saturated carbocycles. The van der Waals surface area contributed by atoms with Gasteiger partial charge in [0.2, 0.25) is 5.91 Å². The lowest BCUT2D eigenvalue weighted by Crippen LogP contribution is -2.48. The number of para-hydroxylation sites is 1. The number of carbonyl (C=O) groups excluding carboxylic acids is 1. The molecule has 0 bridgehead atoms. The van der Waals surface area contributed by atoms with Crippen molar-refractivity contribution in [3.8, 4) is 10.6 Å². The Hall–Kier alpha value is -3.22. The summed E-state index contributed by atoms with van der Waals surface area (Å²) in [4.78, 5) is 21.9. The molecule has 1 aliphatic rings. The van der Waals surface area contributed by atoms with Crippen LogP contribution in [-0.4, -0.2) is 48.5 Å². The van der Waals surface area contributed by atoms with Crippen LogP contribution in [0.25, 0.3) is 20.8 Å². The zero-order chi connectivity index (χ0) is 21.9. The van der Waals surface area contributed by atoms with Crippen molar-refractivity contribution in [3.05, 3.63) is 78.4 Å². The molecule has 1 N–H and O–H groups in total. The van der Waals surface area contributed by atoms with Crippen molar-refractivity contribution < 1.29 is 4.79 Å². The Morgan fingerprint density at radius 3 is 2.38 bits per heavy atom. The summed E-state index contributed by atoms with van der Waals surface area (Å²) >= 11 is 1.68. The summed E-state index contributed by atoms with van der Waals surface area (Å²) in [5.41, 5.74) is 5.44. The number of thiazole rings is 1. The van der Waals surface area contributed by atoms with Crippen LogP contribution < -0.4 is 10.2 Å². The van der Waals surface area contributed by atoms with Gasteiger partial charge in [0.1, 0.15) is 5.01 Å². The number of fused-ring (bicyclic) bond motifs is 1. The number of aromatic nitrogens is 1. The first-order valence-corrected chi connectivity index (χ1v) is 11.8. The molecule has 6 heteroatoms. The summed E-state index contributed by atoms with van der Waals surface area (Å²) in [5, 5.41) is 4.03. The minimum Gasteiger partial charge on any atom is -0.369 e. The van der Waals surface area contributed by atoms with Crippen LogP contribution in [0.3, 0.4) is 0 Å². The van der Waals surface area contributed by atoms with Crippen molar-refractivity contribution in [2.75, 3.05) is 42.9 Å². The molecule has 4 aromatic rings. The van der Waals surface area contributed by atoms with E-state index in [0.29, 0.717) is 6.54 Å². The number of piperazine rings is 1. The third kappa shape index (κ3) is 4.66. The molecule has 1 amide bonds. The van der Waals surface area contributed by atoms with Crippen LogP contribution in [0.4, 0.5) is 11.4 Å². The van der Waals surface area contributed by atoms with Crippen molar-refractivity contribution >= 4 is 38.8 Å². The lowest BCUT2D eigenvalue weighted by atomic mass is 10.2. The van der Waals surface area contributed by atoms with Crippen LogP contribution in [0.2, 0.25) is 0 Å². The molecule has 5 rings (SSSR count). The molecule has 32 heavy (non-hydrogen) atoms. The molecule has 1 saturated heterocycles. The Labute approximate surface area is 192 Å². The van der Waals surface area contributed by atoms with Crippen molar-refractivity contribution in [2.45, 2.75) is 6.92 Å². The lowest BCUT2D eigenvalue weighted by Gasteiger charge is -2.35. The molecular weight excluding hydrogens is 416 g/mol. The molecule has 0 unspecified atom stereocenters. The Kier molecular flexibility index (Phi) is 5.88. The third-order valence-corrected chi connectivity index (χ3v) is 6.93. The third-order valence-electron chi connectivity index (χ3n) is 5.85. The van der Waals surface area contributed by atoms with Crippen LogP contribution in [-0.2, 0) is 4.79 Å². The molecule has 2 heterocycles. The van der Waals surface area contributed by atoms with Crippen molar-refractivity contribution in [3.63, 3.8) is 0 Å². The molecule has 1 aliphatic heterocycles. The van der Waals surface area contributed by atoms with E-state index >= 15 is 0 Å². The van der Waals surface area contributed by atoms with Gasteiger partial charge in [-0.25, -0.2) is 4.98 Å². The quantitative estimate of drug-likeness (QED) is 0.471. The SMILES string of the molecule is Cc1ccc(N2CCN(CC(=O)Nc3ccc(-c4nc5ccccc5s4)cc3)CC2)cc1. The van der Waals surface area contributed by atoms with Gasteiger partial charge in [-0.05, 0) is 55.5 Å². The Bertz CT molecular complexity index is 1180. The highest BCUT2D eigenvalue weighted by molar-refractivity contribution is 7.21. The van der Waals surface area contributed by atoms with Gasteiger partial charge in [-0.15, -0.1) is 11.3 Å². The van der Waals surface area contributed by atoms with Crippen LogP contribution >= 0.6 is 11.3 Å². The highest BCUT2D eigenvalue weighted by atomic mass is 32.1. The fraction of sp³-hybridized carbons (Fsp3) is 0.231. The fourth-order valence-corrected chi connectivity index (χ4v) is 4.99. The minimum absolute atomic E-state index is 0.0292. The van der Waals surface area contributed by atoms with Crippen molar-refractivity contribution in [1.29, 1.82) is 0 Å². The van der Waals surface area contributed by atoms with Crippen LogP contribution in [0.5, 0.6) is 0 Å². The molecule has 1 fully saturated rings. The largest absolute Gasteiger partial charge is 0.369 e. The van der Waals surface area contributed by atoms with Crippen LogP contribution in [0, 0.1) is 6.92 Å². The van der Waals surface area contributed by atoms with Crippen molar-refractivity contribution in [2.24, 2.45) is 0 Å². The monoisotopic (exact) mass is 442 g/mol. The maximum atomic E-state index is 12.6. The summed E-state index contributed by atoms with van der Waals surface area (Å²) in [5.74, 6) is 0.0292. The van der Waals surface area contributed by atoms with E-state index in [9.17, 15) is 4.79 Å². The van der Waals surface area contributed by atoms with Gasteiger partial charge in [0.05, 0.1) is 16.8 Å². The van der Waals surface area contributed by atoms with E-state index in [2.05, 4.69) is 52.4 Å². The van der Waals surface area contributed by atoms with Crippen molar-refractivity contribution in [1.82, 2.24) is 9.88 Å². The highest BCUT2D eigenvalue weighted by Crippen LogP contribution is 2.30. The summed E-state index contributed by atoms with van der Waals surface area (Å²) in [7, 11) is 0. The first kappa shape index (κ1) is 20.7. The predicted octanol–water partition coefficient (Wildman–Crippen LogP) is 5.03. The van der Waals surface area contributed by atoms with Gasteiger partial charge in [-0.3, -0.25) is 9.69 Å². The van der Waals surface area contributed by atoms with Gasteiger partial charge in [-0.1, -0.05) is 29.8 Å². The number of nitrogens with one attached hydrogen (secondary N) is 1. The van der Waals surface area contributed by atoms with E-state index in [1.54, 1.807) is 11.3 Å². The van der Waals surface area contributed by atoms with Gasteiger partial charge < -0.3 is 10.2 Å². The van der Waals surface area contributed by atoms with E-state index in [1.807, 2.05) is 42.5 Å². The second-order valence-electron chi connectivity index (χ2n) is 8.21. The van der Waals surface area contributed by atoms with E-state index in [0.717, 1.165) is 48.0 Å². The van der Waals surface area contributed by atoms with Crippen LogP contribution in [0.1, 0.15) is 5.56 Å². The van der Waals surface area contributed by atoms with Gasteiger partial charge in [0.25, 0.3) is 0 Å². The van der Waals surface area contributed by atoms with E-state index in [-0.39, 0.29) is 5.91 Å². The van der Waals surface area contributed by atoms with Gasteiger partial charge in [0.15, 0.2) is 0 Å². The number of hydrogen-bond acceptors (Lipinski definition) is 5. The molecule has 0 atom stereocenters. The first-order valence-electron chi connectivity index (χ1n) is 10.9. The number of benzene rings is 3. The summed E-state index contributed by atoms with van der Waals surface area (Å²) < 4.78 is 1.18. The molecule has 0 aliphatic carbocycles. The molecule has 0 radical (unpaired) electrons. The number of nitrogens with zero attached hydrogens (tertiary/aromatic N) is 3. The number of amides is 1. The fourth-order valence-electron chi connectivity index (χ4n) is 4.02. The smallest absolute Gasteiger partial charge is 0.238 e. The Morgan fingerprint density at radius 2 is 1.66 bits per heavy atom. The number of anilines is 2. The minimum atomic E-state index is 0.0292. The predicted molar refractivity (Wildman–Crippen MR) is 134 cm³/mol. The molecule has 162 valence electrons. The zero-order valence-corrected chi connectivity index (χ0v) is 18.9. The average Bonchev–Trinajstić information content (AvgIpc) is 3.25. The second-order valence-corrected chi connectivity index (χ2v) is 9.24. The number of aryl methyl sites for hydroxylation is 1. The molecule has 5 nitrogen and oxygen atoms in total. The zero-order valence-electron chi connectivity index (χ0n) is 18.1. The van der Waals surface area contributed by atoms with Gasteiger partial charge in [0, 0.05) is 43.1 Å². The van der Waals surface area contributed by atoms with Gasteiger partial charge in [-0.2, -0.15) is 0 Å². The summed E-state index contributed by atoms with van der Waals surface area (Å²) in [6, 6.07) is 24.8. The molecular formula is C26H26N4OS.